The predicted octanol–water partition coefficient (Wildman–Crippen LogP) is 2.70. The minimum atomic E-state index is 0.0369. The number of carbonyl (C=O) groups is 1. The molecule has 0 aliphatic carbocycles. The normalized spacial score (nSPS) is 18.4. The van der Waals surface area contributed by atoms with Crippen LogP contribution in [-0.2, 0) is 0 Å². The second-order valence-corrected chi connectivity index (χ2v) is 5.91. The van der Waals surface area contributed by atoms with Gasteiger partial charge in [-0.25, -0.2) is 0 Å². The quantitative estimate of drug-likeness (QED) is 0.948. The number of fused-ring (bicyclic) bond motifs is 1. The molecule has 1 amide bonds. The summed E-state index contributed by atoms with van der Waals surface area (Å²) in [6.45, 7) is 2.26. The number of hydrogen-bond donors (Lipinski definition) is 1. The molecule has 3 rings (SSSR count). The van der Waals surface area contributed by atoms with Crippen molar-refractivity contribution in [2.75, 3.05) is 19.6 Å². The third-order valence-corrected chi connectivity index (χ3v) is 4.46. The number of amides is 1. The number of nitrogens with zero attached hydrogens (tertiary/aromatic N) is 2. The zero-order valence-corrected chi connectivity index (χ0v) is 12.5. The van der Waals surface area contributed by atoms with Crippen molar-refractivity contribution >= 4 is 28.3 Å². The Morgan fingerprint density at radius 3 is 3.05 bits per heavy atom. The smallest absolute Gasteiger partial charge is 0.256 e. The van der Waals surface area contributed by atoms with Crippen LogP contribution in [0, 0.1) is 5.92 Å². The number of likely N-dealkylation sites (tertiary alicyclic amines) is 1. The van der Waals surface area contributed by atoms with Crippen molar-refractivity contribution < 1.29 is 4.79 Å². The summed E-state index contributed by atoms with van der Waals surface area (Å²) in [5.74, 6) is 0.556. The summed E-state index contributed by atoms with van der Waals surface area (Å²) in [6.07, 6.45) is 5.35. The van der Waals surface area contributed by atoms with Crippen molar-refractivity contribution in [3.05, 3.63) is 41.2 Å². The molecule has 4 nitrogen and oxygen atoms in total. The zero-order chi connectivity index (χ0) is 14.8. The molecule has 1 aromatic carbocycles. The van der Waals surface area contributed by atoms with Crippen molar-refractivity contribution in [1.29, 1.82) is 0 Å². The minimum absolute atomic E-state index is 0.0369. The first kappa shape index (κ1) is 14.3. The molecular formula is C16H18ClN3O. The Labute approximate surface area is 128 Å². The lowest BCUT2D eigenvalue weighted by atomic mass is 10.1. The number of aromatic nitrogens is 1. The molecule has 1 aromatic heterocycles. The van der Waals surface area contributed by atoms with Gasteiger partial charge in [0.1, 0.15) is 0 Å². The van der Waals surface area contributed by atoms with E-state index in [1.807, 2.05) is 23.1 Å². The monoisotopic (exact) mass is 303 g/mol. The van der Waals surface area contributed by atoms with E-state index < -0.39 is 0 Å². The molecule has 21 heavy (non-hydrogen) atoms. The van der Waals surface area contributed by atoms with Crippen LogP contribution in [-0.4, -0.2) is 35.4 Å². The summed E-state index contributed by atoms with van der Waals surface area (Å²) >= 11 is 6.18. The van der Waals surface area contributed by atoms with Crippen molar-refractivity contribution in [3.63, 3.8) is 0 Å². The number of carbonyl (C=O) groups excluding carboxylic acids is 1. The molecule has 2 aromatic rings. The number of nitrogens with two attached hydrogens (primary N) is 1. The highest BCUT2D eigenvalue weighted by Crippen LogP contribution is 2.27. The molecule has 0 radical (unpaired) electrons. The lowest BCUT2D eigenvalue weighted by Gasteiger charge is -2.17. The van der Waals surface area contributed by atoms with E-state index in [1.165, 1.54) is 0 Å². The molecule has 1 fully saturated rings. The summed E-state index contributed by atoms with van der Waals surface area (Å²) in [5, 5.41) is 2.31. The van der Waals surface area contributed by atoms with Gasteiger partial charge in [-0.05, 0) is 36.8 Å². The zero-order valence-electron chi connectivity index (χ0n) is 11.8. The summed E-state index contributed by atoms with van der Waals surface area (Å²) in [7, 11) is 0. The van der Waals surface area contributed by atoms with E-state index in [1.54, 1.807) is 12.4 Å². The third-order valence-electron chi connectivity index (χ3n) is 4.13. The average molecular weight is 304 g/mol. The van der Waals surface area contributed by atoms with Crippen LogP contribution in [0.2, 0.25) is 5.02 Å². The average Bonchev–Trinajstić information content (AvgIpc) is 2.96. The fourth-order valence-corrected chi connectivity index (χ4v) is 3.21. The second kappa shape index (κ2) is 6.00. The molecule has 1 saturated heterocycles. The van der Waals surface area contributed by atoms with Gasteiger partial charge >= 0.3 is 0 Å². The summed E-state index contributed by atoms with van der Waals surface area (Å²) in [6, 6.07) is 5.60. The van der Waals surface area contributed by atoms with Crippen LogP contribution in [0.5, 0.6) is 0 Å². The van der Waals surface area contributed by atoms with Crippen LogP contribution in [0.4, 0.5) is 0 Å². The van der Waals surface area contributed by atoms with Crippen molar-refractivity contribution in [1.82, 2.24) is 9.88 Å². The number of hydrogen-bond acceptors (Lipinski definition) is 3. The van der Waals surface area contributed by atoms with Gasteiger partial charge in [0.2, 0.25) is 0 Å². The molecule has 5 heteroatoms. The Kier molecular flexibility index (Phi) is 4.08. The van der Waals surface area contributed by atoms with Crippen LogP contribution in [0.3, 0.4) is 0 Å². The van der Waals surface area contributed by atoms with E-state index in [0.717, 1.165) is 36.7 Å². The molecule has 110 valence electrons. The predicted molar refractivity (Wildman–Crippen MR) is 84.4 cm³/mol. The second-order valence-electron chi connectivity index (χ2n) is 5.51. The highest BCUT2D eigenvalue weighted by atomic mass is 35.5. The SMILES string of the molecule is NCCC1CCN(C(=O)c2cncc3c(Cl)cccc23)C1. The van der Waals surface area contributed by atoms with E-state index in [2.05, 4.69) is 4.98 Å². The molecule has 0 bridgehead atoms. The molecule has 1 unspecified atom stereocenters. The first-order chi connectivity index (χ1) is 10.2. The summed E-state index contributed by atoms with van der Waals surface area (Å²) in [4.78, 5) is 18.8. The standard InChI is InChI=1S/C16H18ClN3O/c17-15-3-1-2-12-13(15)8-19-9-14(12)16(21)20-7-5-11(10-20)4-6-18/h1-3,8-9,11H,4-7,10,18H2. The topological polar surface area (TPSA) is 59.2 Å². The number of benzene rings is 1. The lowest BCUT2D eigenvalue weighted by molar-refractivity contribution is 0.0788. The highest BCUT2D eigenvalue weighted by Gasteiger charge is 2.27. The Morgan fingerprint density at radius 1 is 1.38 bits per heavy atom. The molecule has 1 aliphatic rings. The van der Waals surface area contributed by atoms with E-state index in [-0.39, 0.29) is 5.91 Å². The van der Waals surface area contributed by atoms with Gasteiger partial charge in [-0.2, -0.15) is 0 Å². The van der Waals surface area contributed by atoms with E-state index in [0.29, 0.717) is 23.0 Å². The molecule has 1 atom stereocenters. The van der Waals surface area contributed by atoms with Crippen LogP contribution >= 0.6 is 11.6 Å². The van der Waals surface area contributed by atoms with Gasteiger partial charge in [-0.3, -0.25) is 9.78 Å². The molecule has 1 aliphatic heterocycles. The number of pyridine rings is 1. The fourth-order valence-electron chi connectivity index (χ4n) is 2.99. The Balaban J connectivity index is 1.91. The molecular weight excluding hydrogens is 286 g/mol. The van der Waals surface area contributed by atoms with Crippen LogP contribution in [0.25, 0.3) is 10.8 Å². The van der Waals surface area contributed by atoms with Gasteiger partial charge in [0.25, 0.3) is 5.91 Å². The molecule has 2 N–H and O–H groups in total. The van der Waals surface area contributed by atoms with Gasteiger partial charge in [0.15, 0.2) is 0 Å². The minimum Gasteiger partial charge on any atom is -0.338 e. The Bertz CT molecular complexity index is 674. The first-order valence-electron chi connectivity index (χ1n) is 7.22. The first-order valence-corrected chi connectivity index (χ1v) is 7.60. The van der Waals surface area contributed by atoms with Crippen molar-refractivity contribution in [3.8, 4) is 0 Å². The fraction of sp³-hybridized carbons (Fsp3) is 0.375. The van der Waals surface area contributed by atoms with E-state index >= 15 is 0 Å². The van der Waals surface area contributed by atoms with Gasteiger partial charge in [0.05, 0.1) is 5.56 Å². The van der Waals surface area contributed by atoms with Crippen molar-refractivity contribution in [2.24, 2.45) is 11.7 Å². The Hall–Kier alpha value is -1.65. The van der Waals surface area contributed by atoms with Crippen LogP contribution in [0.15, 0.2) is 30.6 Å². The summed E-state index contributed by atoms with van der Waals surface area (Å²) in [5.41, 5.74) is 6.23. The Morgan fingerprint density at radius 2 is 2.24 bits per heavy atom. The van der Waals surface area contributed by atoms with E-state index in [9.17, 15) is 4.79 Å². The van der Waals surface area contributed by atoms with Crippen LogP contribution < -0.4 is 5.73 Å². The van der Waals surface area contributed by atoms with Gasteiger partial charge in [-0.15, -0.1) is 0 Å². The van der Waals surface area contributed by atoms with Crippen LogP contribution in [0.1, 0.15) is 23.2 Å². The number of rotatable bonds is 3. The summed E-state index contributed by atoms with van der Waals surface area (Å²) < 4.78 is 0. The van der Waals surface area contributed by atoms with E-state index in [4.69, 9.17) is 17.3 Å². The molecule has 0 spiro atoms. The largest absolute Gasteiger partial charge is 0.338 e. The van der Waals surface area contributed by atoms with Gasteiger partial charge in [-0.1, -0.05) is 23.7 Å². The van der Waals surface area contributed by atoms with Crippen molar-refractivity contribution in [2.45, 2.75) is 12.8 Å². The van der Waals surface area contributed by atoms with Gasteiger partial charge < -0.3 is 10.6 Å². The number of halogens is 1. The maximum Gasteiger partial charge on any atom is 0.256 e. The molecule has 2 heterocycles. The maximum absolute atomic E-state index is 12.7. The lowest BCUT2D eigenvalue weighted by Crippen LogP contribution is -2.29. The maximum atomic E-state index is 12.7. The third kappa shape index (κ3) is 2.74. The highest BCUT2D eigenvalue weighted by molar-refractivity contribution is 6.35. The van der Waals surface area contributed by atoms with Gasteiger partial charge in [0, 0.05) is 35.9 Å². The molecule has 0 saturated carbocycles.